The van der Waals surface area contributed by atoms with Crippen LogP contribution in [0.1, 0.15) is 24.0 Å². The molecule has 4 heteroatoms. The van der Waals surface area contributed by atoms with Gasteiger partial charge in [0.25, 0.3) is 0 Å². The molecule has 2 rings (SSSR count). The molecule has 1 aromatic rings. The summed E-state index contributed by atoms with van der Waals surface area (Å²) in [7, 11) is -2.85. The first kappa shape index (κ1) is 13.6. The van der Waals surface area contributed by atoms with Crippen molar-refractivity contribution in [3.8, 4) is 0 Å². The van der Waals surface area contributed by atoms with Gasteiger partial charge >= 0.3 is 0 Å². The SMILES string of the molecule is CS(=O)(=O)CCCC(N)C1Cc2ccccc2C1. The van der Waals surface area contributed by atoms with Crippen molar-refractivity contribution >= 4 is 9.84 Å². The van der Waals surface area contributed by atoms with Gasteiger partial charge in [-0.25, -0.2) is 8.42 Å². The lowest BCUT2D eigenvalue weighted by Crippen LogP contribution is -2.31. The van der Waals surface area contributed by atoms with Gasteiger partial charge in [-0.1, -0.05) is 24.3 Å². The Bertz CT molecular complexity index is 485. The van der Waals surface area contributed by atoms with Crippen molar-refractivity contribution in [3.05, 3.63) is 35.4 Å². The Labute approximate surface area is 109 Å². The molecule has 0 saturated carbocycles. The molecule has 1 aliphatic carbocycles. The summed E-state index contributed by atoms with van der Waals surface area (Å²) in [6.07, 6.45) is 4.83. The van der Waals surface area contributed by atoms with Gasteiger partial charge in [-0.2, -0.15) is 0 Å². The molecule has 2 N–H and O–H groups in total. The number of hydrogen-bond donors (Lipinski definition) is 1. The van der Waals surface area contributed by atoms with E-state index < -0.39 is 9.84 Å². The molecular weight excluding hydrogens is 246 g/mol. The molecule has 0 radical (unpaired) electrons. The van der Waals surface area contributed by atoms with Crippen LogP contribution in [-0.4, -0.2) is 26.5 Å². The molecule has 0 saturated heterocycles. The van der Waals surface area contributed by atoms with E-state index in [1.54, 1.807) is 0 Å². The lowest BCUT2D eigenvalue weighted by molar-refractivity contribution is 0.414. The van der Waals surface area contributed by atoms with Gasteiger partial charge in [0.05, 0.1) is 0 Å². The van der Waals surface area contributed by atoms with Crippen molar-refractivity contribution in [2.24, 2.45) is 11.7 Å². The number of fused-ring (bicyclic) bond motifs is 1. The predicted octanol–water partition coefficient (Wildman–Crippen LogP) is 1.55. The highest BCUT2D eigenvalue weighted by Crippen LogP contribution is 2.29. The Morgan fingerprint density at radius 2 is 1.83 bits per heavy atom. The van der Waals surface area contributed by atoms with Crippen molar-refractivity contribution in [3.63, 3.8) is 0 Å². The van der Waals surface area contributed by atoms with E-state index in [1.165, 1.54) is 17.4 Å². The normalized spacial score (nSPS) is 17.7. The molecule has 0 aromatic heterocycles. The number of rotatable bonds is 5. The van der Waals surface area contributed by atoms with Gasteiger partial charge in [0.2, 0.25) is 0 Å². The Kier molecular flexibility index (Phi) is 4.07. The Hall–Kier alpha value is -0.870. The highest BCUT2D eigenvalue weighted by molar-refractivity contribution is 7.90. The summed E-state index contributed by atoms with van der Waals surface area (Å²) in [5.74, 6) is 0.724. The van der Waals surface area contributed by atoms with Crippen molar-refractivity contribution < 1.29 is 8.42 Å². The van der Waals surface area contributed by atoms with Gasteiger partial charge in [0.1, 0.15) is 9.84 Å². The second-order valence-electron chi connectivity index (χ2n) is 5.37. The smallest absolute Gasteiger partial charge is 0.147 e. The Morgan fingerprint density at radius 1 is 1.28 bits per heavy atom. The third-order valence-electron chi connectivity index (χ3n) is 3.74. The minimum Gasteiger partial charge on any atom is -0.327 e. The quantitative estimate of drug-likeness (QED) is 0.880. The average molecular weight is 267 g/mol. The van der Waals surface area contributed by atoms with Crippen LogP contribution in [-0.2, 0) is 22.7 Å². The zero-order valence-electron chi connectivity index (χ0n) is 10.8. The van der Waals surface area contributed by atoms with Crippen LogP contribution in [0.3, 0.4) is 0 Å². The van der Waals surface area contributed by atoms with Crippen molar-refractivity contribution in [1.29, 1.82) is 0 Å². The fourth-order valence-corrected chi connectivity index (χ4v) is 3.40. The molecule has 1 aliphatic rings. The van der Waals surface area contributed by atoms with Gasteiger partial charge in [-0.3, -0.25) is 0 Å². The van der Waals surface area contributed by atoms with Crippen LogP contribution in [0.5, 0.6) is 0 Å². The highest BCUT2D eigenvalue weighted by Gasteiger charge is 2.25. The van der Waals surface area contributed by atoms with Crippen LogP contribution in [0.2, 0.25) is 0 Å². The van der Waals surface area contributed by atoms with Gasteiger partial charge in [-0.15, -0.1) is 0 Å². The summed E-state index contributed by atoms with van der Waals surface area (Å²) in [6, 6.07) is 8.57. The summed E-state index contributed by atoms with van der Waals surface area (Å²) in [5.41, 5.74) is 9.00. The molecule has 1 atom stereocenters. The zero-order valence-corrected chi connectivity index (χ0v) is 11.6. The van der Waals surface area contributed by atoms with E-state index in [0.29, 0.717) is 12.3 Å². The third-order valence-corrected chi connectivity index (χ3v) is 4.77. The van der Waals surface area contributed by atoms with Crippen molar-refractivity contribution in [1.82, 2.24) is 0 Å². The fourth-order valence-electron chi connectivity index (χ4n) is 2.71. The maximum absolute atomic E-state index is 11.1. The first-order chi connectivity index (χ1) is 8.46. The molecule has 0 bridgehead atoms. The highest BCUT2D eigenvalue weighted by atomic mass is 32.2. The number of hydrogen-bond acceptors (Lipinski definition) is 3. The van der Waals surface area contributed by atoms with E-state index in [2.05, 4.69) is 24.3 Å². The van der Waals surface area contributed by atoms with Crippen LogP contribution < -0.4 is 5.73 Å². The molecule has 18 heavy (non-hydrogen) atoms. The molecule has 1 unspecified atom stereocenters. The second kappa shape index (κ2) is 5.41. The summed E-state index contributed by atoms with van der Waals surface area (Å²) in [6.45, 7) is 0. The molecular formula is C14H21NO2S. The molecule has 0 amide bonds. The summed E-state index contributed by atoms with van der Waals surface area (Å²) in [4.78, 5) is 0. The van der Waals surface area contributed by atoms with E-state index in [0.717, 1.165) is 19.3 Å². The lowest BCUT2D eigenvalue weighted by Gasteiger charge is -2.18. The van der Waals surface area contributed by atoms with Gasteiger partial charge in [-0.05, 0) is 42.7 Å². The number of sulfone groups is 1. The fraction of sp³-hybridized carbons (Fsp3) is 0.571. The molecule has 0 aliphatic heterocycles. The molecule has 3 nitrogen and oxygen atoms in total. The largest absolute Gasteiger partial charge is 0.327 e. The molecule has 0 spiro atoms. The summed E-state index contributed by atoms with van der Waals surface area (Å²) < 4.78 is 22.1. The van der Waals surface area contributed by atoms with Crippen LogP contribution in [0.25, 0.3) is 0 Å². The van der Waals surface area contributed by atoms with E-state index in [9.17, 15) is 8.42 Å². The first-order valence-corrected chi connectivity index (χ1v) is 8.52. The Morgan fingerprint density at radius 3 is 2.33 bits per heavy atom. The van der Waals surface area contributed by atoms with Gasteiger partial charge < -0.3 is 5.73 Å². The molecule has 1 aromatic carbocycles. The van der Waals surface area contributed by atoms with Crippen molar-refractivity contribution in [2.45, 2.75) is 31.7 Å². The number of nitrogens with two attached hydrogens (primary N) is 1. The summed E-state index contributed by atoms with van der Waals surface area (Å²) in [5, 5.41) is 0. The van der Waals surface area contributed by atoms with Crippen LogP contribution in [0.15, 0.2) is 24.3 Å². The van der Waals surface area contributed by atoms with Crippen molar-refractivity contribution in [2.75, 3.05) is 12.0 Å². The first-order valence-electron chi connectivity index (χ1n) is 6.46. The molecule has 0 fully saturated rings. The lowest BCUT2D eigenvalue weighted by atomic mass is 9.94. The zero-order chi connectivity index (χ0) is 13.2. The third kappa shape index (κ3) is 3.56. The standard InChI is InChI=1S/C14H21NO2S/c1-18(16,17)8-4-7-14(15)13-9-11-5-2-3-6-12(11)10-13/h2-3,5-6,13-14H,4,7-10,15H2,1H3. The maximum Gasteiger partial charge on any atom is 0.147 e. The molecule has 0 heterocycles. The number of benzene rings is 1. The summed E-state index contributed by atoms with van der Waals surface area (Å²) >= 11 is 0. The minimum atomic E-state index is -2.85. The van der Waals surface area contributed by atoms with E-state index in [-0.39, 0.29) is 11.8 Å². The van der Waals surface area contributed by atoms with Gasteiger partial charge in [0.15, 0.2) is 0 Å². The Balaban J connectivity index is 1.84. The monoisotopic (exact) mass is 267 g/mol. The van der Waals surface area contributed by atoms with Gasteiger partial charge in [0, 0.05) is 18.1 Å². The van der Waals surface area contributed by atoms with E-state index in [4.69, 9.17) is 5.73 Å². The molecule has 100 valence electrons. The topological polar surface area (TPSA) is 60.2 Å². The van der Waals surface area contributed by atoms with Crippen LogP contribution in [0.4, 0.5) is 0 Å². The van der Waals surface area contributed by atoms with Crippen LogP contribution in [0, 0.1) is 5.92 Å². The van der Waals surface area contributed by atoms with E-state index >= 15 is 0 Å². The average Bonchev–Trinajstić information content (AvgIpc) is 2.70. The second-order valence-corrected chi connectivity index (χ2v) is 7.63. The predicted molar refractivity (Wildman–Crippen MR) is 74.3 cm³/mol. The van der Waals surface area contributed by atoms with Crippen LogP contribution >= 0.6 is 0 Å². The minimum absolute atomic E-state index is 0.110. The maximum atomic E-state index is 11.1. The van der Waals surface area contributed by atoms with E-state index in [1.807, 2.05) is 0 Å².